The van der Waals surface area contributed by atoms with Crippen molar-refractivity contribution in [3.8, 4) is 0 Å². The molecular formula is C13H20N2S. The molecule has 88 valence electrons. The fourth-order valence-electron chi connectivity index (χ4n) is 2.45. The predicted molar refractivity (Wildman–Crippen MR) is 67.7 cm³/mol. The van der Waals surface area contributed by atoms with Gasteiger partial charge in [0.15, 0.2) is 0 Å². The highest BCUT2D eigenvalue weighted by atomic mass is 32.1. The van der Waals surface area contributed by atoms with Gasteiger partial charge >= 0.3 is 0 Å². The number of hydrogen-bond donors (Lipinski definition) is 1. The van der Waals surface area contributed by atoms with E-state index in [-0.39, 0.29) is 0 Å². The second-order valence-electron chi connectivity index (χ2n) is 5.33. The van der Waals surface area contributed by atoms with Gasteiger partial charge in [0.2, 0.25) is 0 Å². The fourth-order valence-corrected chi connectivity index (χ4v) is 3.33. The molecule has 2 fully saturated rings. The van der Waals surface area contributed by atoms with Crippen LogP contribution in [0.25, 0.3) is 0 Å². The van der Waals surface area contributed by atoms with E-state index in [1.165, 1.54) is 41.3 Å². The average Bonchev–Trinajstić information content (AvgIpc) is 3.12. The van der Waals surface area contributed by atoms with Crippen LogP contribution in [0.1, 0.15) is 41.3 Å². The molecule has 0 aliphatic heterocycles. The van der Waals surface area contributed by atoms with Gasteiger partial charge in [0.05, 0.1) is 5.69 Å². The summed E-state index contributed by atoms with van der Waals surface area (Å²) >= 11 is 1.85. The molecule has 2 nitrogen and oxygen atoms in total. The zero-order valence-corrected chi connectivity index (χ0v) is 10.9. The van der Waals surface area contributed by atoms with Crippen molar-refractivity contribution in [1.82, 2.24) is 10.3 Å². The summed E-state index contributed by atoms with van der Waals surface area (Å²) in [5.74, 6) is 1.96. The molecule has 3 rings (SSSR count). The van der Waals surface area contributed by atoms with Crippen molar-refractivity contribution in [3.63, 3.8) is 0 Å². The summed E-state index contributed by atoms with van der Waals surface area (Å²) in [6.07, 6.45) is 5.79. The van der Waals surface area contributed by atoms with Crippen LogP contribution in [-0.4, -0.2) is 11.0 Å². The zero-order valence-electron chi connectivity index (χ0n) is 10.1. The summed E-state index contributed by atoms with van der Waals surface area (Å²) in [5, 5.41) is 5.01. The van der Waals surface area contributed by atoms with Gasteiger partial charge in [-0.25, -0.2) is 4.98 Å². The van der Waals surface area contributed by atoms with Crippen molar-refractivity contribution < 1.29 is 0 Å². The Hall–Kier alpha value is -0.410. The topological polar surface area (TPSA) is 24.9 Å². The molecule has 0 atom stereocenters. The zero-order chi connectivity index (χ0) is 11.1. The van der Waals surface area contributed by atoms with Crippen molar-refractivity contribution >= 4 is 11.3 Å². The van der Waals surface area contributed by atoms with E-state index < -0.39 is 0 Å². The third kappa shape index (κ3) is 2.30. The van der Waals surface area contributed by atoms with Crippen LogP contribution in [0.15, 0.2) is 0 Å². The molecule has 1 aromatic heterocycles. The molecule has 3 heteroatoms. The van der Waals surface area contributed by atoms with Gasteiger partial charge in [0, 0.05) is 17.5 Å². The highest BCUT2D eigenvalue weighted by Crippen LogP contribution is 2.44. The van der Waals surface area contributed by atoms with Gasteiger partial charge in [-0.15, -0.1) is 11.3 Å². The van der Waals surface area contributed by atoms with Crippen LogP contribution in [0.2, 0.25) is 0 Å². The molecule has 1 heterocycles. The second kappa shape index (κ2) is 4.11. The first kappa shape index (κ1) is 10.7. The minimum Gasteiger partial charge on any atom is -0.307 e. The van der Waals surface area contributed by atoms with Gasteiger partial charge < -0.3 is 5.32 Å². The summed E-state index contributed by atoms with van der Waals surface area (Å²) in [6.45, 7) is 5.25. The lowest BCUT2D eigenvalue weighted by molar-refractivity contribution is 0.415. The summed E-state index contributed by atoms with van der Waals surface area (Å²) in [7, 11) is 0. The first-order valence-corrected chi connectivity index (χ1v) is 7.22. The first-order valence-electron chi connectivity index (χ1n) is 6.40. The third-order valence-corrected chi connectivity index (χ3v) is 4.89. The summed E-state index contributed by atoms with van der Waals surface area (Å²) in [5.41, 5.74) is 1.20. The summed E-state index contributed by atoms with van der Waals surface area (Å²) < 4.78 is 0. The number of nitrogens with zero attached hydrogens (tertiary/aromatic N) is 1. The highest BCUT2D eigenvalue weighted by molar-refractivity contribution is 7.11. The van der Waals surface area contributed by atoms with E-state index in [1.54, 1.807) is 0 Å². The molecule has 16 heavy (non-hydrogen) atoms. The maximum atomic E-state index is 4.60. The van der Waals surface area contributed by atoms with Crippen LogP contribution in [0.5, 0.6) is 0 Å². The molecule has 0 spiro atoms. The molecule has 0 unspecified atom stereocenters. The Morgan fingerprint density at radius 1 is 1.25 bits per heavy atom. The Morgan fingerprint density at radius 2 is 1.88 bits per heavy atom. The van der Waals surface area contributed by atoms with Crippen molar-refractivity contribution in [2.24, 2.45) is 11.8 Å². The van der Waals surface area contributed by atoms with E-state index in [1.807, 2.05) is 11.3 Å². The van der Waals surface area contributed by atoms with Crippen LogP contribution < -0.4 is 5.32 Å². The lowest BCUT2D eigenvalue weighted by Crippen LogP contribution is -2.32. The van der Waals surface area contributed by atoms with E-state index in [0.29, 0.717) is 0 Å². The van der Waals surface area contributed by atoms with Crippen LogP contribution in [-0.2, 0) is 6.54 Å². The Balaban J connectivity index is 1.57. The molecule has 2 saturated carbocycles. The van der Waals surface area contributed by atoms with Crippen molar-refractivity contribution in [1.29, 1.82) is 0 Å². The number of hydrogen-bond acceptors (Lipinski definition) is 3. The number of thiazole rings is 1. The van der Waals surface area contributed by atoms with Crippen LogP contribution in [0.3, 0.4) is 0 Å². The summed E-state index contributed by atoms with van der Waals surface area (Å²) in [4.78, 5) is 5.96. The standard InChI is InChI=1S/C13H20N2S/c1-8-9(2)16-12(15-8)7-14-13(10-3-4-10)11-5-6-11/h10-11,13-14H,3-7H2,1-2H3. The average molecular weight is 236 g/mol. The summed E-state index contributed by atoms with van der Waals surface area (Å²) in [6, 6.07) is 0.796. The fraction of sp³-hybridized carbons (Fsp3) is 0.769. The second-order valence-corrected chi connectivity index (χ2v) is 6.62. The quantitative estimate of drug-likeness (QED) is 0.850. The Bertz CT molecular complexity index is 346. The monoisotopic (exact) mass is 236 g/mol. The molecule has 2 aliphatic carbocycles. The minimum atomic E-state index is 0.796. The Kier molecular flexibility index (Phi) is 2.76. The third-order valence-electron chi connectivity index (χ3n) is 3.82. The van der Waals surface area contributed by atoms with Gasteiger partial charge in [-0.05, 0) is 51.4 Å². The smallest absolute Gasteiger partial charge is 0.107 e. The number of aromatic nitrogens is 1. The van der Waals surface area contributed by atoms with Crippen molar-refractivity contribution in [2.45, 2.75) is 52.1 Å². The molecule has 0 bridgehead atoms. The Morgan fingerprint density at radius 3 is 2.31 bits per heavy atom. The van der Waals surface area contributed by atoms with Gasteiger partial charge in [0.25, 0.3) is 0 Å². The first-order chi connectivity index (χ1) is 7.74. The van der Waals surface area contributed by atoms with Gasteiger partial charge in [-0.1, -0.05) is 0 Å². The number of rotatable bonds is 5. The number of aryl methyl sites for hydroxylation is 2. The van der Waals surface area contributed by atoms with E-state index in [9.17, 15) is 0 Å². The van der Waals surface area contributed by atoms with E-state index in [4.69, 9.17) is 0 Å². The highest BCUT2D eigenvalue weighted by Gasteiger charge is 2.41. The molecule has 0 saturated heterocycles. The largest absolute Gasteiger partial charge is 0.307 e. The van der Waals surface area contributed by atoms with E-state index in [0.717, 1.165) is 24.4 Å². The Labute approximate surface area is 101 Å². The van der Waals surface area contributed by atoms with Crippen molar-refractivity contribution in [2.75, 3.05) is 0 Å². The number of nitrogens with one attached hydrogen (secondary N) is 1. The van der Waals surface area contributed by atoms with Crippen LogP contribution in [0.4, 0.5) is 0 Å². The lowest BCUT2D eigenvalue weighted by atomic mass is 10.1. The normalized spacial score (nSPS) is 20.7. The van der Waals surface area contributed by atoms with Gasteiger partial charge in [-0.3, -0.25) is 0 Å². The minimum absolute atomic E-state index is 0.796. The van der Waals surface area contributed by atoms with E-state index >= 15 is 0 Å². The SMILES string of the molecule is Cc1nc(CNC(C2CC2)C2CC2)sc1C. The molecule has 2 aliphatic rings. The van der Waals surface area contributed by atoms with E-state index in [2.05, 4.69) is 24.1 Å². The molecule has 0 radical (unpaired) electrons. The van der Waals surface area contributed by atoms with Crippen LogP contribution >= 0.6 is 11.3 Å². The van der Waals surface area contributed by atoms with Gasteiger partial charge in [0.1, 0.15) is 5.01 Å². The maximum Gasteiger partial charge on any atom is 0.107 e. The predicted octanol–water partition coefficient (Wildman–Crippen LogP) is 3.04. The maximum absolute atomic E-state index is 4.60. The van der Waals surface area contributed by atoms with Gasteiger partial charge in [-0.2, -0.15) is 0 Å². The molecule has 1 N–H and O–H groups in total. The van der Waals surface area contributed by atoms with Crippen molar-refractivity contribution in [3.05, 3.63) is 15.6 Å². The molecular weight excluding hydrogens is 216 g/mol. The lowest BCUT2D eigenvalue weighted by Gasteiger charge is -2.16. The van der Waals surface area contributed by atoms with Crippen LogP contribution in [0, 0.1) is 25.7 Å². The molecule has 1 aromatic rings. The molecule has 0 aromatic carbocycles. The molecule has 0 amide bonds.